The zero-order chi connectivity index (χ0) is 17.0. The van der Waals surface area contributed by atoms with Crippen LogP contribution in [0.4, 0.5) is 4.79 Å². The molecule has 0 aromatic rings. The summed E-state index contributed by atoms with van der Waals surface area (Å²) in [4.78, 5) is 31.4. The van der Waals surface area contributed by atoms with Gasteiger partial charge in [0.1, 0.15) is 6.04 Å². The Balaban J connectivity index is 1.99. The van der Waals surface area contributed by atoms with E-state index in [-0.39, 0.29) is 6.54 Å². The Morgan fingerprint density at radius 2 is 2.09 bits per heavy atom. The standard InChI is InChI=1S/C11H19N5O6S/c1-15-7-5-12-10(15)13-9(17)8-4-2-3-6-16(8)11(18)14-22-23(19,20)21/h8H,2-7H2,1H3,(H,14,18)(H,12,13,17)(H,19,20,21)/t8-/m0/s1. The fourth-order valence-electron chi connectivity index (χ4n) is 2.46. The molecule has 0 saturated carbocycles. The summed E-state index contributed by atoms with van der Waals surface area (Å²) in [5.74, 6) is 0.0364. The minimum absolute atomic E-state index is 0.265. The summed E-state index contributed by atoms with van der Waals surface area (Å²) in [6, 6.07) is -1.69. The number of amides is 3. The molecule has 130 valence electrons. The quantitative estimate of drug-likeness (QED) is 0.425. The van der Waals surface area contributed by atoms with Crippen molar-refractivity contribution in [1.29, 1.82) is 0 Å². The van der Waals surface area contributed by atoms with E-state index in [9.17, 15) is 18.0 Å². The molecule has 12 heteroatoms. The van der Waals surface area contributed by atoms with Crippen LogP contribution in [0.1, 0.15) is 19.3 Å². The molecule has 1 fully saturated rings. The first-order chi connectivity index (χ1) is 10.8. The summed E-state index contributed by atoms with van der Waals surface area (Å²) in [7, 11) is -3.02. The molecule has 1 saturated heterocycles. The van der Waals surface area contributed by atoms with E-state index < -0.39 is 28.4 Å². The van der Waals surface area contributed by atoms with Crippen LogP contribution in [0.25, 0.3) is 0 Å². The first-order valence-electron chi connectivity index (χ1n) is 7.07. The molecule has 3 N–H and O–H groups in total. The zero-order valence-corrected chi connectivity index (χ0v) is 13.4. The lowest BCUT2D eigenvalue weighted by Crippen LogP contribution is -2.56. The number of nitrogens with one attached hydrogen (secondary N) is 2. The molecule has 1 atom stereocenters. The molecular weight excluding hydrogens is 330 g/mol. The summed E-state index contributed by atoms with van der Waals surface area (Å²) < 4.78 is 33.3. The van der Waals surface area contributed by atoms with Gasteiger partial charge < -0.3 is 9.80 Å². The van der Waals surface area contributed by atoms with Gasteiger partial charge in [-0.2, -0.15) is 13.9 Å². The number of piperidine rings is 1. The fraction of sp³-hybridized carbons (Fsp3) is 0.727. The van der Waals surface area contributed by atoms with Crippen LogP contribution in [0.3, 0.4) is 0 Å². The number of nitrogens with zero attached hydrogens (tertiary/aromatic N) is 3. The fourth-order valence-corrected chi connectivity index (χ4v) is 2.63. The van der Waals surface area contributed by atoms with Gasteiger partial charge in [-0.05, 0) is 19.3 Å². The largest absolute Gasteiger partial charge is 0.418 e. The average Bonchev–Trinajstić information content (AvgIpc) is 2.89. The van der Waals surface area contributed by atoms with Crippen molar-refractivity contribution in [3.8, 4) is 0 Å². The molecule has 11 nitrogen and oxygen atoms in total. The summed E-state index contributed by atoms with van der Waals surface area (Å²) in [5, 5.41) is 2.66. The van der Waals surface area contributed by atoms with E-state index in [4.69, 9.17) is 4.55 Å². The van der Waals surface area contributed by atoms with E-state index in [1.54, 1.807) is 17.4 Å². The van der Waals surface area contributed by atoms with E-state index in [1.165, 1.54) is 4.90 Å². The van der Waals surface area contributed by atoms with Gasteiger partial charge in [0.05, 0.1) is 6.54 Å². The number of likely N-dealkylation sites (N-methyl/N-ethyl adjacent to an activating group) is 1. The smallest absolute Gasteiger partial charge is 0.344 e. The van der Waals surface area contributed by atoms with E-state index in [0.717, 1.165) is 6.42 Å². The van der Waals surface area contributed by atoms with Crippen molar-refractivity contribution < 1.29 is 26.8 Å². The Bertz CT molecular complexity index is 606. The van der Waals surface area contributed by atoms with Gasteiger partial charge >= 0.3 is 16.4 Å². The Kier molecular flexibility index (Phi) is 5.38. The van der Waals surface area contributed by atoms with E-state index in [0.29, 0.717) is 31.9 Å². The molecule has 0 aromatic carbocycles. The Morgan fingerprint density at radius 1 is 1.35 bits per heavy atom. The second-order valence-electron chi connectivity index (χ2n) is 5.24. The normalized spacial score (nSPS) is 21.8. The predicted molar refractivity (Wildman–Crippen MR) is 78.6 cm³/mol. The molecule has 2 heterocycles. The summed E-state index contributed by atoms with van der Waals surface area (Å²) >= 11 is 0. The van der Waals surface area contributed by atoms with Crippen LogP contribution in [-0.2, 0) is 19.5 Å². The van der Waals surface area contributed by atoms with Gasteiger partial charge in [0.15, 0.2) is 0 Å². The van der Waals surface area contributed by atoms with E-state index in [1.807, 2.05) is 0 Å². The Labute approximate surface area is 133 Å². The van der Waals surface area contributed by atoms with Crippen LogP contribution in [0.5, 0.6) is 0 Å². The molecule has 0 radical (unpaired) electrons. The molecule has 0 aromatic heterocycles. The highest BCUT2D eigenvalue weighted by molar-refractivity contribution is 7.80. The zero-order valence-electron chi connectivity index (χ0n) is 12.6. The molecule has 2 aliphatic rings. The van der Waals surface area contributed by atoms with Crippen LogP contribution in [0.15, 0.2) is 4.99 Å². The predicted octanol–water partition coefficient (Wildman–Crippen LogP) is -1.30. The number of urea groups is 1. The Morgan fingerprint density at radius 3 is 2.70 bits per heavy atom. The highest BCUT2D eigenvalue weighted by Crippen LogP contribution is 2.17. The maximum Gasteiger partial charge on any atom is 0.418 e. The summed E-state index contributed by atoms with van der Waals surface area (Å²) in [5.41, 5.74) is 1.61. The second kappa shape index (κ2) is 7.10. The molecule has 0 aliphatic carbocycles. The van der Waals surface area contributed by atoms with Crippen molar-refractivity contribution in [2.24, 2.45) is 4.99 Å². The van der Waals surface area contributed by atoms with Crippen LogP contribution >= 0.6 is 0 Å². The van der Waals surface area contributed by atoms with E-state index in [2.05, 4.69) is 14.6 Å². The molecule has 0 spiro atoms. The molecule has 2 aliphatic heterocycles. The molecule has 0 bridgehead atoms. The summed E-state index contributed by atoms with van der Waals surface area (Å²) in [6.45, 7) is 1.55. The van der Waals surface area contributed by atoms with Gasteiger partial charge in [-0.25, -0.2) is 4.79 Å². The lowest BCUT2D eigenvalue weighted by molar-refractivity contribution is -0.125. The lowest BCUT2D eigenvalue weighted by atomic mass is 10.0. The molecule has 3 amide bonds. The highest BCUT2D eigenvalue weighted by atomic mass is 32.3. The number of hydrogen-bond donors (Lipinski definition) is 3. The van der Waals surface area contributed by atoms with Gasteiger partial charge in [-0.15, -0.1) is 4.28 Å². The van der Waals surface area contributed by atoms with Crippen LogP contribution in [0, 0.1) is 0 Å². The van der Waals surface area contributed by atoms with Crippen LogP contribution in [0.2, 0.25) is 0 Å². The second-order valence-corrected chi connectivity index (χ2v) is 6.26. The first-order valence-corrected chi connectivity index (χ1v) is 8.43. The van der Waals surface area contributed by atoms with Gasteiger partial charge in [-0.1, -0.05) is 0 Å². The number of likely N-dealkylation sites (tertiary alicyclic amines) is 1. The minimum atomic E-state index is -4.81. The molecular formula is C11H19N5O6S. The monoisotopic (exact) mass is 349 g/mol. The number of carbonyl (C=O) groups excluding carboxylic acids is 2. The summed E-state index contributed by atoms with van der Waals surface area (Å²) in [6.07, 6.45) is 1.86. The highest BCUT2D eigenvalue weighted by Gasteiger charge is 2.34. The third-order valence-corrected chi connectivity index (χ3v) is 3.89. The number of hydroxylamine groups is 1. The first kappa shape index (κ1) is 17.4. The maximum atomic E-state index is 12.4. The SMILES string of the molecule is CN1CCN=C1NC(=O)[C@@H]1CCCCN1C(=O)NOS(=O)(=O)O. The third-order valence-electron chi connectivity index (χ3n) is 3.59. The molecule has 2 rings (SSSR count). The number of aliphatic imine (C=N–C) groups is 1. The van der Waals surface area contributed by atoms with Crippen LogP contribution in [-0.4, -0.2) is 73.4 Å². The topological polar surface area (TPSA) is 141 Å². The van der Waals surface area contributed by atoms with Gasteiger partial charge in [-0.3, -0.25) is 19.7 Å². The maximum absolute atomic E-state index is 12.4. The van der Waals surface area contributed by atoms with Crippen molar-refractivity contribution in [2.45, 2.75) is 25.3 Å². The molecule has 23 heavy (non-hydrogen) atoms. The third kappa shape index (κ3) is 4.77. The Hall–Kier alpha value is -1.92. The number of carbonyl (C=O) groups is 2. The van der Waals surface area contributed by atoms with Gasteiger partial charge in [0, 0.05) is 20.1 Å². The minimum Gasteiger partial charge on any atom is -0.344 e. The van der Waals surface area contributed by atoms with Crippen molar-refractivity contribution in [3.63, 3.8) is 0 Å². The molecule has 0 unspecified atom stereocenters. The van der Waals surface area contributed by atoms with Crippen molar-refractivity contribution in [3.05, 3.63) is 0 Å². The number of guanidine groups is 1. The van der Waals surface area contributed by atoms with Crippen molar-refractivity contribution in [2.75, 3.05) is 26.7 Å². The number of hydrogen-bond acceptors (Lipinski definition) is 7. The van der Waals surface area contributed by atoms with Crippen molar-refractivity contribution >= 4 is 28.3 Å². The van der Waals surface area contributed by atoms with E-state index >= 15 is 0 Å². The van der Waals surface area contributed by atoms with Crippen LogP contribution < -0.4 is 10.8 Å². The lowest BCUT2D eigenvalue weighted by Gasteiger charge is -2.34. The number of rotatable bonds is 3. The van der Waals surface area contributed by atoms with Gasteiger partial charge in [0.25, 0.3) is 0 Å². The van der Waals surface area contributed by atoms with Gasteiger partial charge in [0.2, 0.25) is 11.9 Å². The van der Waals surface area contributed by atoms with Crippen molar-refractivity contribution in [1.82, 2.24) is 20.6 Å². The average molecular weight is 349 g/mol.